The third kappa shape index (κ3) is 2.22. The normalized spacial score (nSPS) is 21.5. The summed E-state index contributed by atoms with van der Waals surface area (Å²) in [5.74, 6) is 1.57. The van der Waals surface area contributed by atoms with Gasteiger partial charge in [-0.05, 0) is 11.8 Å². The summed E-state index contributed by atoms with van der Waals surface area (Å²) in [6.45, 7) is 2.21. The first-order valence-electron chi connectivity index (χ1n) is 4.75. The molecule has 1 aliphatic carbocycles. The van der Waals surface area contributed by atoms with Crippen LogP contribution in [0, 0.1) is 23.2 Å². The second kappa shape index (κ2) is 4.38. The van der Waals surface area contributed by atoms with Crippen LogP contribution in [0.1, 0.15) is 45.4 Å². The van der Waals surface area contributed by atoms with Gasteiger partial charge in [-0.2, -0.15) is 5.26 Å². The molecule has 0 aromatic rings. The Kier molecular flexibility index (Phi) is 3.42. The lowest BCUT2D eigenvalue weighted by molar-refractivity contribution is 0.334. The first kappa shape index (κ1) is 8.59. The van der Waals surface area contributed by atoms with Crippen LogP contribution >= 0.6 is 0 Å². The largest absolute Gasteiger partial charge is 0.198 e. The van der Waals surface area contributed by atoms with Crippen molar-refractivity contribution < 1.29 is 0 Å². The van der Waals surface area contributed by atoms with Gasteiger partial charge >= 0.3 is 0 Å². The molecule has 0 bridgehead atoms. The molecule has 0 saturated heterocycles. The van der Waals surface area contributed by atoms with E-state index in [0.29, 0.717) is 5.92 Å². The van der Waals surface area contributed by atoms with Crippen molar-refractivity contribution >= 4 is 0 Å². The number of nitrogens with zero attached hydrogens (tertiary/aromatic N) is 1. The van der Waals surface area contributed by atoms with E-state index in [9.17, 15) is 0 Å². The molecule has 1 aliphatic rings. The quantitative estimate of drug-likeness (QED) is 0.608. The van der Waals surface area contributed by atoms with E-state index in [4.69, 9.17) is 5.26 Å². The van der Waals surface area contributed by atoms with Crippen molar-refractivity contribution in [3.8, 4) is 6.07 Å². The van der Waals surface area contributed by atoms with Gasteiger partial charge in [0.2, 0.25) is 0 Å². The van der Waals surface area contributed by atoms with E-state index in [1.54, 1.807) is 0 Å². The van der Waals surface area contributed by atoms with Crippen LogP contribution in [0.2, 0.25) is 0 Å². The average molecular weight is 151 g/mol. The molecule has 0 spiro atoms. The minimum atomic E-state index is 0.697. The number of rotatable bonds is 3. The summed E-state index contributed by atoms with van der Waals surface area (Å²) in [7, 11) is 0. The molecule has 62 valence electrons. The first-order chi connectivity index (χ1) is 5.38. The van der Waals surface area contributed by atoms with Crippen LogP contribution in [-0.4, -0.2) is 0 Å². The maximum Gasteiger partial charge on any atom is 0.0624 e. The molecule has 0 aromatic carbocycles. The van der Waals surface area contributed by atoms with Crippen molar-refractivity contribution in [2.24, 2.45) is 11.8 Å². The zero-order chi connectivity index (χ0) is 8.10. The zero-order valence-electron chi connectivity index (χ0n) is 7.34. The van der Waals surface area contributed by atoms with Gasteiger partial charge in [-0.3, -0.25) is 0 Å². The number of hydrogen-bond donors (Lipinski definition) is 0. The molecular formula is C10H17N. The molecule has 1 rings (SSSR count). The maximum atomic E-state index is 8.58. The predicted molar refractivity (Wildman–Crippen MR) is 46.0 cm³/mol. The van der Waals surface area contributed by atoms with Crippen LogP contribution in [0.5, 0.6) is 0 Å². The average Bonchev–Trinajstić information content (AvgIpc) is 2.52. The van der Waals surface area contributed by atoms with Gasteiger partial charge in [0.25, 0.3) is 0 Å². The van der Waals surface area contributed by atoms with Gasteiger partial charge in [-0.25, -0.2) is 0 Å². The summed E-state index contributed by atoms with van der Waals surface area (Å²) >= 11 is 0. The van der Waals surface area contributed by atoms with E-state index in [2.05, 4.69) is 13.0 Å². The predicted octanol–water partition coefficient (Wildman–Crippen LogP) is 3.12. The Labute approximate surface area is 69.4 Å². The van der Waals surface area contributed by atoms with Crippen LogP contribution in [0.25, 0.3) is 0 Å². The Morgan fingerprint density at radius 3 is 2.55 bits per heavy atom. The highest BCUT2D eigenvalue weighted by Crippen LogP contribution is 2.34. The number of hydrogen-bond acceptors (Lipinski definition) is 1. The molecule has 0 aliphatic heterocycles. The molecule has 0 aromatic heterocycles. The lowest BCUT2D eigenvalue weighted by Crippen LogP contribution is -2.09. The summed E-state index contributed by atoms with van der Waals surface area (Å²) < 4.78 is 0. The molecule has 0 N–H and O–H groups in total. The number of nitriles is 1. The van der Waals surface area contributed by atoms with E-state index in [-0.39, 0.29) is 0 Å². The summed E-state index contributed by atoms with van der Waals surface area (Å²) in [5, 5.41) is 8.58. The van der Waals surface area contributed by atoms with Crippen molar-refractivity contribution in [3.63, 3.8) is 0 Å². The second-order valence-electron chi connectivity index (χ2n) is 3.58. The van der Waals surface area contributed by atoms with Crippen molar-refractivity contribution in [2.45, 2.75) is 45.4 Å². The fourth-order valence-corrected chi connectivity index (χ4v) is 2.19. The van der Waals surface area contributed by atoms with Gasteiger partial charge in [0.05, 0.1) is 6.07 Å². The van der Waals surface area contributed by atoms with Crippen molar-refractivity contribution in [1.82, 2.24) is 0 Å². The third-order valence-electron chi connectivity index (χ3n) is 2.94. The highest BCUT2D eigenvalue weighted by atomic mass is 14.3. The van der Waals surface area contributed by atoms with Gasteiger partial charge in [0.15, 0.2) is 0 Å². The van der Waals surface area contributed by atoms with Gasteiger partial charge in [-0.1, -0.05) is 39.0 Å². The summed E-state index contributed by atoms with van der Waals surface area (Å²) in [6.07, 6.45) is 7.51. The Balaban J connectivity index is 2.34. The fourth-order valence-electron chi connectivity index (χ4n) is 2.19. The van der Waals surface area contributed by atoms with Crippen molar-refractivity contribution in [1.29, 1.82) is 5.26 Å². The molecule has 11 heavy (non-hydrogen) atoms. The maximum absolute atomic E-state index is 8.58. The molecule has 0 heterocycles. The van der Waals surface area contributed by atoms with Crippen molar-refractivity contribution in [2.75, 3.05) is 0 Å². The molecule has 0 radical (unpaired) electrons. The van der Waals surface area contributed by atoms with Crippen LogP contribution < -0.4 is 0 Å². The first-order valence-corrected chi connectivity index (χ1v) is 4.75. The smallest absolute Gasteiger partial charge is 0.0624 e. The van der Waals surface area contributed by atoms with E-state index in [0.717, 1.165) is 12.3 Å². The Morgan fingerprint density at radius 2 is 2.09 bits per heavy atom. The van der Waals surface area contributed by atoms with Gasteiger partial charge in [-0.15, -0.1) is 0 Å². The molecular weight excluding hydrogens is 134 g/mol. The zero-order valence-corrected chi connectivity index (χ0v) is 7.34. The van der Waals surface area contributed by atoms with Crippen molar-refractivity contribution in [3.05, 3.63) is 0 Å². The van der Waals surface area contributed by atoms with Crippen LogP contribution in [-0.2, 0) is 0 Å². The van der Waals surface area contributed by atoms with Crippen LogP contribution in [0.4, 0.5) is 0 Å². The summed E-state index contributed by atoms with van der Waals surface area (Å²) in [4.78, 5) is 0. The monoisotopic (exact) mass is 151 g/mol. The second-order valence-corrected chi connectivity index (χ2v) is 3.58. The Morgan fingerprint density at radius 1 is 1.45 bits per heavy atom. The topological polar surface area (TPSA) is 23.8 Å². The lowest BCUT2D eigenvalue weighted by Gasteiger charge is -2.18. The van der Waals surface area contributed by atoms with Crippen LogP contribution in [0.15, 0.2) is 0 Å². The highest BCUT2D eigenvalue weighted by Gasteiger charge is 2.22. The van der Waals surface area contributed by atoms with E-state index >= 15 is 0 Å². The van der Waals surface area contributed by atoms with E-state index in [1.165, 1.54) is 32.1 Å². The Hall–Kier alpha value is -0.510. The van der Waals surface area contributed by atoms with Gasteiger partial charge < -0.3 is 0 Å². The van der Waals surface area contributed by atoms with E-state index < -0.39 is 0 Å². The molecule has 0 amide bonds. The SMILES string of the molecule is CC[C@H](CC#N)C1CCCC1. The lowest BCUT2D eigenvalue weighted by atomic mass is 9.87. The molecule has 0 unspecified atom stereocenters. The van der Waals surface area contributed by atoms with Crippen LogP contribution in [0.3, 0.4) is 0 Å². The molecule has 1 heteroatoms. The van der Waals surface area contributed by atoms with E-state index in [1.807, 2.05) is 0 Å². The summed E-state index contributed by atoms with van der Waals surface area (Å²) in [5.41, 5.74) is 0. The fraction of sp³-hybridized carbons (Fsp3) is 0.900. The standard InChI is InChI=1S/C10H17N/c1-2-9(7-8-11)10-5-3-4-6-10/h9-10H,2-7H2,1H3/t9-/m1/s1. The van der Waals surface area contributed by atoms with Gasteiger partial charge in [0, 0.05) is 6.42 Å². The van der Waals surface area contributed by atoms with Gasteiger partial charge in [0.1, 0.15) is 0 Å². The molecule has 1 atom stereocenters. The molecule has 1 fully saturated rings. The Bertz CT molecular complexity index is 139. The molecule has 1 nitrogen and oxygen atoms in total. The summed E-state index contributed by atoms with van der Waals surface area (Å²) in [6, 6.07) is 2.30. The molecule has 1 saturated carbocycles. The highest BCUT2D eigenvalue weighted by molar-refractivity contribution is 4.82. The third-order valence-corrected chi connectivity index (χ3v) is 2.94. The minimum Gasteiger partial charge on any atom is -0.198 e. The minimum absolute atomic E-state index is 0.697.